The summed E-state index contributed by atoms with van der Waals surface area (Å²) in [6, 6.07) is 0.177. The first-order chi connectivity index (χ1) is 11.3. The first-order valence-corrected chi connectivity index (χ1v) is 9.21. The van der Waals surface area contributed by atoms with Gasteiger partial charge in [-0.15, -0.1) is 6.58 Å². The molecule has 0 bridgehead atoms. The summed E-state index contributed by atoms with van der Waals surface area (Å²) in [4.78, 5) is 28.7. The third-order valence-corrected chi connectivity index (χ3v) is 5.58. The van der Waals surface area contributed by atoms with E-state index in [9.17, 15) is 14.7 Å². The minimum absolute atomic E-state index is 0.0341. The molecule has 0 aromatic rings. The molecule has 1 atom stereocenters. The van der Waals surface area contributed by atoms with Crippen molar-refractivity contribution in [3.8, 4) is 0 Å². The summed E-state index contributed by atoms with van der Waals surface area (Å²) in [5, 5.41) is 9.52. The third-order valence-electron chi connectivity index (χ3n) is 5.58. The van der Waals surface area contributed by atoms with Gasteiger partial charge in [0, 0.05) is 38.5 Å². The molecule has 5 nitrogen and oxygen atoms in total. The second-order valence-corrected chi connectivity index (χ2v) is 7.83. The number of hydrogen-bond donors (Lipinski definition) is 1. The van der Waals surface area contributed by atoms with E-state index in [-0.39, 0.29) is 42.2 Å². The van der Waals surface area contributed by atoms with Gasteiger partial charge < -0.3 is 14.9 Å². The molecule has 2 amide bonds. The molecule has 1 unspecified atom stereocenters. The van der Waals surface area contributed by atoms with Crippen LogP contribution in [-0.2, 0) is 9.59 Å². The maximum Gasteiger partial charge on any atom is 0.223 e. The molecule has 0 aromatic carbocycles. The van der Waals surface area contributed by atoms with Gasteiger partial charge in [-0.25, -0.2) is 0 Å². The van der Waals surface area contributed by atoms with Crippen LogP contribution >= 0.6 is 0 Å². The average Bonchev–Trinajstić information content (AvgIpc) is 2.54. The molecule has 2 saturated heterocycles. The van der Waals surface area contributed by atoms with Crippen molar-refractivity contribution < 1.29 is 14.7 Å². The Balaban J connectivity index is 1.88. The minimum Gasteiger partial charge on any atom is -0.393 e. The molecule has 1 N–H and O–H groups in total. The van der Waals surface area contributed by atoms with E-state index in [1.54, 1.807) is 4.90 Å². The molecule has 2 rings (SSSR count). The molecule has 0 aromatic heterocycles. The Morgan fingerprint density at radius 3 is 2.42 bits per heavy atom. The largest absolute Gasteiger partial charge is 0.393 e. The zero-order valence-corrected chi connectivity index (χ0v) is 15.2. The Labute approximate surface area is 145 Å². The fourth-order valence-corrected chi connectivity index (χ4v) is 3.98. The lowest BCUT2D eigenvalue weighted by Gasteiger charge is -2.46. The average molecular weight is 336 g/mol. The smallest absolute Gasteiger partial charge is 0.223 e. The lowest BCUT2D eigenvalue weighted by atomic mass is 9.75. The Morgan fingerprint density at radius 1 is 1.17 bits per heavy atom. The summed E-state index contributed by atoms with van der Waals surface area (Å²) in [6.45, 7) is 10.2. The van der Waals surface area contributed by atoms with Crippen LogP contribution in [0, 0.1) is 5.41 Å². The van der Waals surface area contributed by atoms with Gasteiger partial charge in [-0.1, -0.05) is 19.9 Å². The number of carbonyl (C=O) groups excluding carboxylic acids is 2. The van der Waals surface area contributed by atoms with Crippen molar-refractivity contribution in [1.29, 1.82) is 0 Å². The zero-order chi connectivity index (χ0) is 17.7. The minimum atomic E-state index is -0.286. The Morgan fingerprint density at radius 2 is 1.79 bits per heavy atom. The lowest BCUT2D eigenvalue weighted by molar-refractivity contribution is -0.142. The van der Waals surface area contributed by atoms with Crippen LogP contribution < -0.4 is 0 Å². The van der Waals surface area contributed by atoms with Gasteiger partial charge in [0.05, 0.1) is 6.10 Å². The molecule has 0 aliphatic carbocycles. The standard InChI is InChI=1S/C19H32N2O3/c1-4-6-16-19(2,3)11-5-12-21(16)18(24)8-7-17(23)20-13-9-15(22)10-14-20/h4,15-16,22H,1,5-14H2,2-3H3. The number of aliphatic hydroxyl groups is 1. The Hall–Kier alpha value is -1.36. The summed E-state index contributed by atoms with van der Waals surface area (Å²) >= 11 is 0. The summed E-state index contributed by atoms with van der Waals surface area (Å²) in [7, 11) is 0. The Bertz CT molecular complexity index is 467. The van der Waals surface area contributed by atoms with E-state index in [0.29, 0.717) is 25.9 Å². The Kier molecular flexibility index (Phi) is 6.44. The van der Waals surface area contributed by atoms with Gasteiger partial charge >= 0.3 is 0 Å². The summed E-state index contributed by atoms with van der Waals surface area (Å²) < 4.78 is 0. The molecule has 24 heavy (non-hydrogen) atoms. The van der Waals surface area contributed by atoms with Crippen molar-refractivity contribution in [1.82, 2.24) is 9.80 Å². The monoisotopic (exact) mass is 336 g/mol. The van der Waals surface area contributed by atoms with Crippen LogP contribution in [0.3, 0.4) is 0 Å². The molecular weight excluding hydrogens is 304 g/mol. The van der Waals surface area contributed by atoms with Crippen molar-refractivity contribution in [2.45, 2.75) is 70.9 Å². The van der Waals surface area contributed by atoms with Crippen LogP contribution in [0.4, 0.5) is 0 Å². The molecule has 2 aliphatic heterocycles. The fourth-order valence-electron chi connectivity index (χ4n) is 3.98. The van der Waals surface area contributed by atoms with E-state index >= 15 is 0 Å². The van der Waals surface area contributed by atoms with Crippen molar-refractivity contribution in [3.05, 3.63) is 12.7 Å². The van der Waals surface area contributed by atoms with E-state index in [2.05, 4.69) is 20.4 Å². The van der Waals surface area contributed by atoms with Crippen LogP contribution in [0.25, 0.3) is 0 Å². The van der Waals surface area contributed by atoms with E-state index in [1.807, 2.05) is 11.0 Å². The van der Waals surface area contributed by atoms with Crippen molar-refractivity contribution in [3.63, 3.8) is 0 Å². The summed E-state index contributed by atoms with van der Waals surface area (Å²) in [5.41, 5.74) is 0.0924. The number of nitrogens with zero attached hydrogens (tertiary/aromatic N) is 2. The number of carbonyl (C=O) groups is 2. The first kappa shape index (κ1) is 19.0. The number of likely N-dealkylation sites (tertiary alicyclic amines) is 2. The first-order valence-electron chi connectivity index (χ1n) is 9.21. The fraction of sp³-hybridized carbons (Fsp3) is 0.789. The van der Waals surface area contributed by atoms with E-state index in [4.69, 9.17) is 0 Å². The van der Waals surface area contributed by atoms with Crippen LogP contribution in [0.1, 0.15) is 58.8 Å². The molecule has 0 saturated carbocycles. The van der Waals surface area contributed by atoms with Gasteiger partial charge in [-0.05, 0) is 37.5 Å². The highest BCUT2D eigenvalue weighted by Gasteiger charge is 2.38. The van der Waals surface area contributed by atoms with Crippen LogP contribution in [0.2, 0.25) is 0 Å². The van der Waals surface area contributed by atoms with E-state index in [0.717, 1.165) is 25.8 Å². The highest BCUT2D eigenvalue weighted by atomic mass is 16.3. The predicted octanol–water partition coefficient (Wildman–Crippen LogP) is 2.34. The molecule has 2 aliphatic rings. The van der Waals surface area contributed by atoms with Gasteiger partial charge in [0.1, 0.15) is 0 Å². The second kappa shape index (κ2) is 8.15. The summed E-state index contributed by atoms with van der Waals surface area (Å²) in [5.74, 6) is 0.117. The summed E-state index contributed by atoms with van der Waals surface area (Å²) in [6.07, 6.45) is 6.37. The van der Waals surface area contributed by atoms with E-state index in [1.165, 1.54) is 0 Å². The number of piperidine rings is 2. The molecule has 2 heterocycles. The van der Waals surface area contributed by atoms with Crippen LogP contribution in [-0.4, -0.2) is 58.5 Å². The van der Waals surface area contributed by atoms with Gasteiger partial charge in [0.15, 0.2) is 0 Å². The highest BCUT2D eigenvalue weighted by molar-refractivity contribution is 5.84. The zero-order valence-electron chi connectivity index (χ0n) is 15.2. The number of aliphatic hydroxyl groups excluding tert-OH is 1. The number of rotatable bonds is 5. The maximum absolute atomic E-state index is 12.7. The molecule has 5 heteroatoms. The normalized spacial score (nSPS) is 24.7. The van der Waals surface area contributed by atoms with Crippen LogP contribution in [0.5, 0.6) is 0 Å². The molecular formula is C19H32N2O3. The van der Waals surface area contributed by atoms with Gasteiger partial charge in [0.25, 0.3) is 0 Å². The third kappa shape index (κ3) is 4.59. The van der Waals surface area contributed by atoms with E-state index < -0.39 is 0 Å². The number of hydrogen-bond acceptors (Lipinski definition) is 3. The van der Waals surface area contributed by atoms with Crippen molar-refractivity contribution in [2.75, 3.05) is 19.6 Å². The van der Waals surface area contributed by atoms with Crippen LogP contribution in [0.15, 0.2) is 12.7 Å². The molecule has 0 spiro atoms. The molecule has 0 radical (unpaired) electrons. The molecule has 2 fully saturated rings. The van der Waals surface area contributed by atoms with Gasteiger partial charge in [-0.3, -0.25) is 9.59 Å². The maximum atomic E-state index is 12.7. The van der Waals surface area contributed by atoms with Crippen molar-refractivity contribution in [2.24, 2.45) is 5.41 Å². The second-order valence-electron chi connectivity index (χ2n) is 7.83. The quantitative estimate of drug-likeness (QED) is 0.784. The lowest BCUT2D eigenvalue weighted by Crippen LogP contribution is -2.52. The molecule has 136 valence electrons. The van der Waals surface area contributed by atoms with Gasteiger partial charge in [-0.2, -0.15) is 0 Å². The topological polar surface area (TPSA) is 60.9 Å². The SMILES string of the molecule is C=CCC1N(C(=O)CCC(=O)N2CCC(O)CC2)CCCC1(C)C. The predicted molar refractivity (Wildman–Crippen MR) is 94.4 cm³/mol. The number of amides is 2. The van der Waals surface area contributed by atoms with Gasteiger partial charge in [0.2, 0.25) is 11.8 Å². The van der Waals surface area contributed by atoms with Crippen molar-refractivity contribution >= 4 is 11.8 Å². The highest BCUT2D eigenvalue weighted by Crippen LogP contribution is 2.37.